The number of methoxy groups -OCH3 is 1. The zero-order valence-electron chi connectivity index (χ0n) is 10.6. The third kappa shape index (κ3) is 2.64. The lowest BCUT2D eigenvalue weighted by Crippen LogP contribution is -2.23. The minimum absolute atomic E-state index is 0.0892. The smallest absolute Gasteiger partial charge is 0.310 e. The van der Waals surface area contributed by atoms with Crippen LogP contribution in [0.1, 0.15) is 13.3 Å². The van der Waals surface area contributed by atoms with Gasteiger partial charge in [-0.1, -0.05) is 25.1 Å². The van der Waals surface area contributed by atoms with Gasteiger partial charge in [-0.15, -0.1) is 11.3 Å². The first-order valence-electron chi connectivity index (χ1n) is 6.04. The molecule has 1 N–H and O–H groups in total. The summed E-state index contributed by atoms with van der Waals surface area (Å²) in [6, 6.07) is 8.25. The Bertz CT molecular complexity index is 535. The van der Waals surface area contributed by atoms with Gasteiger partial charge in [0.05, 0.1) is 18.7 Å². The zero-order chi connectivity index (χ0) is 13.0. The van der Waals surface area contributed by atoms with Crippen LogP contribution >= 0.6 is 11.3 Å². The Kier molecular flexibility index (Phi) is 4.20. The summed E-state index contributed by atoms with van der Waals surface area (Å²) < 4.78 is 6.04. The predicted molar refractivity (Wildman–Crippen MR) is 76.1 cm³/mol. The molecule has 0 fully saturated rings. The SMILES string of the molecule is CCC(CNc1csc2ccccc12)C(=O)OC. The van der Waals surface area contributed by atoms with E-state index >= 15 is 0 Å². The second-order valence-electron chi connectivity index (χ2n) is 4.15. The first-order valence-corrected chi connectivity index (χ1v) is 6.92. The van der Waals surface area contributed by atoms with Crippen LogP contribution in [0.3, 0.4) is 0 Å². The van der Waals surface area contributed by atoms with Gasteiger partial charge in [-0.25, -0.2) is 0 Å². The summed E-state index contributed by atoms with van der Waals surface area (Å²) in [7, 11) is 1.44. The van der Waals surface area contributed by atoms with Crippen molar-refractivity contribution in [2.24, 2.45) is 5.92 Å². The zero-order valence-corrected chi connectivity index (χ0v) is 11.4. The van der Waals surface area contributed by atoms with Gasteiger partial charge in [-0.3, -0.25) is 4.79 Å². The molecule has 0 bridgehead atoms. The lowest BCUT2D eigenvalue weighted by Gasteiger charge is -2.13. The van der Waals surface area contributed by atoms with Crippen LogP contribution < -0.4 is 5.32 Å². The summed E-state index contributed by atoms with van der Waals surface area (Å²) in [6.07, 6.45) is 0.780. The summed E-state index contributed by atoms with van der Waals surface area (Å²) >= 11 is 1.71. The molecule has 0 spiro atoms. The van der Waals surface area contributed by atoms with E-state index in [0.717, 1.165) is 12.1 Å². The number of rotatable bonds is 5. The quantitative estimate of drug-likeness (QED) is 0.839. The summed E-state index contributed by atoms with van der Waals surface area (Å²) in [4.78, 5) is 11.5. The Morgan fingerprint density at radius 1 is 1.44 bits per heavy atom. The predicted octanol–water partition coefficient (Wildman–Crippen LogP) is 3.51. The maximum Gasteiger partial charge on any atom is 0.310 e. The number of hydrogen-bond acceptors (Lipinski definition) is 4. The van der Waals surface area contributed by atoms with Gasteiger partial charge >= 0.3 is 5.97 Å². The Morgan fingerprint density at radius 3 is 2.94 bits per heavy atom. The summed E-state index contributed by atoms with van der Waals surface area (Å²) in [6.45, 7) is 2.61. The van der Waals surface area contributed by atoms with E-state index < -0.39 is 0 Å². The van der Waals surface area contributed by atoms with Crippen molar-refractivity contribution in [3.63, 3.8) is 0 Å². The largest absolute Gasteiger partial charge is 0.469 e. The first-order chi connectivity index (χ1) is 8.76. The van der Waals surface area contributed by atoms with Crippen LogP contribution in [-0.4, -0.2) is 19.6 Å². The molecule has 1 heterocycles. The maximum absolute atomic E-state index is 11.5. The third-order valence-electron chi connectivity index (χ3n) is 3.05. The fourth-order valence-corrected chi connectivity index (χ4v) is 2.83. The molecule has 1 aromatic heterocycles. The van der Waals surface area contributed by atoms with Gasteiger partial charge in [0.1, 0.15) is 0 Å². The maximum atomic E-state index is 11.5. The van der Waals surface area contributed by atoms with E-state index in [1.54, 1.807) is 11.3 Å². The van der Waals surface area contributed by atoms with Crippen LogP contribution in [-0.2, 0) is 9.53 Å². The number of benzene rings is 1. The number of fused-ring (bicyclic) bond motifs is 1. The molecular weight excluding hydrogens is 246 g/mol. The number of nitrogens with one attached hydrogen (secondary N) is 1. The molecule has 96 valence electrons. The van der Waals surface area contributed by atoms with Gasteiger partial charge in [-0.2, -0.15) is 0 Å². The average molecular weight is 263 g/mol. The molecule has 0 aliphatic carbocycles. The number of carbonyl (C=O) groups excluding carboxylic acids is 1. The minimum atomic E-state index is -0.149. The topological polar surface area (TPSA) is 38.3 Å². The third-order valence-corrected chi connectivity index (χ3v) is 4.01. The lowest BCUT2D eigenvalue weighted by atomic mass is 10.1. The van der Waals surface area contributed by atoms with E-state index in [2.05, 4.69) is 22.8 Å². The van der Waals surface area contributed by atoms with Gasteiger partial charge in [0.2, 0.25) is 0 Å². The molecule has 1 aromatic carbocycles. The second-order valence-corrected chi connectivity index (χ2v) is 5.07. The average Bonchev–Trinajstić information content (AvgIpc) is 2.82. The molecule has 0 saturated carbocycles. The number of carbonyl (C=O) groups is 1. The highest BCUT2D eigenvalue weighted by Crippen LogP contribution is 2.30. The van der Waals surface area contributed by atoms with E-state index in [9.17, 15) is 4.79 Å². The highest BCUT2D eigenvalue weighted by Gasteiger charge is 2.16. The van der Waals surface area contributed by atoms with Gasteiger partial charge in [0.15, 0.2) is 0 Å². The van der Waals surface area contributed by atoms with E-state index in [1.807, 2.05) is 19.1 Å². The van der Waals surface area contributed by atoms with Crippen molar-refractivity contribution in [3.05, 3.63) is 29.6 Å². The van der Waals surface area contributed by atoms with Crippen molar-refractivity contribution >= 4 is 33.1 Å². The van der Waals surface area contributed by atoms with Crippen LogP contribution in [0.15, 0.2) is 29.6 Å². The monoisotopic (exact) mass is 263 g/mol. The molecule has 1 atom stereocenters. The van der Waals surface area contributed by atoms with E-state index in [4.69, 9.17) is 4.74 Å². The number of thiophene rings is 1. The molecule has 3 nitrogen and oxygen atoms in total. The van der Waals surface area contributed by atoms with Crippen LogP contribution in [0.25, 0.3) is 10.1 Å². The lowest BCUT2D eigenvalue weighted by molar-refractivity contribution is -0.145. The Balaban J connectivity index is 2.07. The van der Waals surface area contributed by atoms with Crippen LogP contribution in [0.2, 0.25) is 0 Å². The van der Waals surface area contributed by atoms with Gasteiger partial charge in [-0.05, 0) is 12.5 Å². The highest BCUT2D eigenvalue weighted by atomic mass is 32.1. The van der Waals surface area contributed by atoms with Crippen molar-refractivity contribution in [2.45, 2.75) is 13.3 Å². The molecular formula is C14H17NO2S. The van der Waals surface area contributed by atoms with Gasteiger partial charge < -0.3 is 10.1 Å². The fourth-order valence-electron chi connectivity index (χ4n) is 1.91. The second kappa shape index (κ2) is 5.87. The molecule has 18 heavy (non-hydrogen) atoms. The normalized spacial score (nSPS) is 12.3. The van der Waals surface area contributed by atoms with Crippen molar-refractivity contribution < 1.29 is 9.53 Å². The van der Waals surface area contributed by atoms with Gasteiger partial charge in [0.25, 0.3) is 0 Å². The molecule has 0 amide bonds. The minimum Gasteiger partial charge on any atom is -0.469 e. The molecule has 2 aromatic rings. The molecule has 4 heteroatoms. The molecule has 1 unspecified atom stereocenters. The van der Waals surface area contributed by atoms with Crippen molar-refractivity contribution in [1.29, 1.82) is 0 Å². The van der Waals surface area contributed by atoms with E-state index in [-0.39, 0.29) is 11.9 Å². The Labute approximate surface area is 111 Å². The van der Waals surface area contributed by atoms with E-state index in [0.29, 0.717) is 6.54 Å². The summed E-state index contributed by atoms with van der Waals surface area (Å²) in [5, 5.41) is 6.65. The van der Waals surface area contributed by atoms with Crippen molar-refractivity contribution in [2.75, 3.05) is 19.0 Å². The van der Waals surface area contributed by atoms with Crippen molar-refractivity contribution in [1.82, 2.24) is 0 Å². The van der Waals surface area contributed by atoms with Crippen LogP contribution in [0.5, 0.6) is 0 Å². The molecule has 0 radical (unpaired) electrons. The Morgan fingerprint density at radius 2 is 2.22 bits per heavy atom. The Hall–Kier alpha value is -1.55. The van der Waals surface area contributed by atoms with Gasteiger partial charge in [0, 0.05) is 22.0 Å². The van der Waals surface area contributed by atoms with Crippen LogP contribution in [0.4, 0.5) is 5.69 Å². The number of hydrogen-bond donors (Lipinski definition) is 1. The standard InChI is InChI=1S/C14H17NO2S/c1-3-10(14(16)17-2)8-15-12-9-18-13-7-5-4-6-11(12)13/h4-7,9-10,15H,3,8H2,1-2H3. The molecule has 2 rings (SSSR count). The highest BCUT2D eigenvalue weighted by molar-refractivity contribution is 7.17. The first kappa shape index (κ1) is 12.9. The summed E-state index contributed by atoms with van der Waals surface area (Å²) in [5.41, 5.74) is 1.10. The number of ether oxygens (including phenoxy) is 1. The van der Waals surface area contributed by atoms with Crippen LogP contribution in [0, 0.1) is 5.92 Å². The van der Waals surface area contributed by atoms with E-state index in [1.165, 1.54) is 17.2 Å². The molecule has 0 aliphatic rings. The van der Waals surface area contributed by atoms with Crippen molar-refractivity contribution in [3.8, 4) is 0 Å². The summed E-state index contributed by atoms with van der Waals surface area (Å²) in [5.74, 6) is -0.238. The molecule has 0 saturated heterocycles. The number of esters is 1. The molecule has 0 aliphatic heterocycles. The fraction of sp³-hybridized carbons (Fsp3) is 0.357. The number of anilines is 1.